The minimum Gasteiger partial charge on any atom is -0.381 e. The van der Waals surface area contributed by atoms with Crippen LogP contribution in [0.4, 0.5) is 11.5 Å². The zero-order valence-electron chi connectivity index (χ0n) is 15.0. The van der Waals surface area contributed by atoms with Crippen molar-refractivity contribution in [2.45, 2.75) is 0 Å². The zero-order chi connectivity index (χ0) is 19.3. The number of nitrogens with zero attached hydrogens (tertiary/aromatic N) is 3. The van der Waals surface area contributed by atoms with Crippen LogP contribution in [0, 0.1) is 0 Å². The number of nitrogens with one attached hydrogen (secondary N) is 2. The number of benzene rings is 2. The van der Waals surface area contributed by atoms with Crippen LogP contribution in [-0.2, 0) is 0 Å². The van der Waals surface area contributed by atoms with Gasteiger partial charge in [-0.15, -0.1) is 0 Å². The van der Waals surface area contributed by atoms with E-state index in [-0.39, 0.29) is 10.6 Å². The molecular weight excluding hydrogens is 374 g/mol. The monoisotopic (exact) mass is 391 g/mol. The summed E-state index contributed by atoms with van der Waals surface area (Å²) in [6.45, 7) is 1.17. The maximum atomic E-state index is 12.5. The fourth-order valence-corrected chi connectivity index (χ4v) is 3.06. The van der Waals surface area contributed by atoms with Crippen LogP contribution >= 0.6 is 11.6 Å². The molecule has 2 N–H and O–H groups in total. The van der Waals surface area contributed by atoms with Gasteiger partial charge in [-0.1, -0.05) is 48.0 Å². The highest BCUT2D eigenvalue weighted by atomic mass is 35.5. The van der Waals surface area contributed by atoms with Crippen LogP contribution in [-0.4, -0.2) is 27.9 Å². The Kier molecular flexibility index (Phi) is 5.21. The first-order valence-corrected chi connectivity index (χ1v) is 9.27. The molecule has 0 bridgehead atoms. The largest absolute Gasteiger partial charge is 0.381 e. The molecule has 0 radical (unpaired) electrons. The summed E-state index contributed by atoms with van der Waals surface area (Å²) >= 11 is 6.24. The normalized spacial score (nSPS) is 10.8. The van der Waals surface area contributed by atoms with Crippen LogP contribution in [0.25, 0.3) is 16.6 Å². The number of hydrogen-bond acceptors (Lipinski definition) is 5. The third-order valence-electron chi connectivity index (χ3n) is 4.26. The quantitative estimate of drug-likeness (QED) is 0.487. The van der Waals surface area contributed by atoms with Crippen LogP contribution in [0.3, 0.4) is 0 Å². The number of anilines is 2. The molecule has 0 fully saturated rings. The van der Waals surface area contributed by atoms with E-state index >= 15 is 0 Å². The van der Waals surface area contributed by atoms with Crippen LogP contribution in [0.15, 0.2) is 77.7 Å². The smallest absolute Gasteiger partial charge is 0.292 e. The molecule has 140 valence electrons. The molecule has 0 unspecified atom stereocenters. The van der Waals surface area contributed by atoms with Gasteiger partial charge in [0.15, 0.2) is 0 Å². The predicted octanol–water partition coefficient (Wildman–Crippen LogP) is 3.96. The van der Waals surface area contributed by atoms with Crippen molar-refractivity contribution in [3.05, 3.63) is 88.3 Å². The lowest BCUT2D eigenvalue weighted by molar-refractivity contribution is 0.807. The first kappa shape index (κ1) is 18.0. The number of hydrogen-bond donors (Lipinski definition) is 2. The highest BCUT2D eigenvalue weighted by Gasteiger charge is 2.10. The van der Waals surface area contributed by atoms with Gasteiger partial charge in [0.05, 0.1) is 23.1 Å². The van der Waals surface area contributed by atoms with Crippen molar-refractivity contribution < 1.29 is 0 Å². The first-order chi connectivity index (χ1) is 13.7. The standard InChI is InChI=1S/C21H18ClN5O/c22-20-18(14-25-27(21(20)28)16-7-2-1-3-8-16)23-12-13-24-19-11-10-15-6-4-5-9-17(15)26-19/h1-11,14,23H,12-13H2,(H,24,26). The van der Waals surface area contributed by atoms with Gasteiger partial charge >= 0.3 is 0 Å². The predicted molar refractivity (Wildman–Crippen MR) is 114 cm³/mol. The summed E-state index contributed by atoms with van der Waals surface area (Å²) in [6.07, 6.45) is 1.56. The van der Waals surface area contributed by atoms with E-state index < -0.39 is 0 Å². The van der Waals surface area contributed by atoms with Crippen molar-refractivity contribution in [2.75, 3.05) is 23.7 Å². The van der Waals surface area contributed by atoms with E-state index in [9.17, 15) is 4.79 Å². The van der Waals surface area contributed by atoms with Gasteiger partial charge in [0.2, 0.25) is 0 Å². The summed E-state index contributed by atoms with van der Waals surface area (Å²) in [6, 6.07) is 21.1. The van der Waals surface area contributed by atoms with Crippen molar-refractivity contribution in [1.82, 2.24) is 14.8 Å². The SMILES string of the molecule is O=c1c(Cl)c(NCCNc2ccc3ccccc3n2)cnn1-c1ccccc1. The molecule has 0 amide bonds. The van der Waals surface area contributed by atoms with Gasteiger partial charge in [-0.05, 0) is 30.3 Å². The lowest BCUT2D eigenvalue weighted by atomic mass is 10.2. The fourth-order valence-electron chi connectivity index (χ4n) is 2.86. The lowest BCUT2D eigenvalue weighted by Gasteiger charge is -2.11. The number of pyridine rings is 1. The van der Waals surface area contributed by atoms with Crippen molar-refractivity contribution in [1.29, 1.82) is 0 Å². The Balaban J connectivity index is 1.39. The van der Waals surface area contributed by atoms with Gasteiger partial charge in [0.1, 0.15) is 10.8 Å². The number of para-hydroxylation sites is 2. The molecule has 0 spiro atoms. The Morgan fingerprint density at radius 3 is 2.50 bits per heavy atom. The molecule has 7 heteroatoms. The van der Waals surface area contributed by atoms with Gasteiger partial charge in [-0.3, -0.25) is 4.79 Å². The van der Waals surface area contributed by atoms with Crippen LogP contribution < -0.4 is 16.2 Å². The molecule has 0 aliphatic rings. The average Bonchev–Trinajstić information content (AvgIpc) is 2.74. The molecular formula is C21H18ClN5O. The molecule has 0 saturated heterocycles. The molecule has 28 heavy (non-hydrogen) atoms. The molecule has 2 aromatic carbocycles. The van der Waals surface area contributed by atoms with Crippen molar-refractivity contribution >= 4 is 34.0 Å². The first-order valence-electron chi connectivity index (χ1n) is 8.89. The Bertz CT molecular complexity index is 1160. The van der Waals surface area contributed by atoms with E-state index in [2.05, 4.69) is 20.7 Å². The minimum atomic E-state index is -0.359. The van der Waals surface area contributed by atoms with E-state index in [4.69, 9.17) is 11.6 Å². The van der Waals surface area contributed by atoms with Gasteiger partial charge in [0, 0.05) is 18.5 Å². The third kappa shape index (κ3) is 3.82. The van der Waals surface area contributed by atoms with E-state index in [1.54, 1.807) is 18.3 Å². The van der Waals surface area contributed by atoms with Crippen LogP contribution in [0.1, 0.15) is 0 Å². The van der Waals surface area contributed by atoms with Gasteiger partial charge < -0.3 is 10.6 Å². The number of halogens is 1. The molecule has 0 atom stereocenters. The molecule has 0 aliphatic carbocycles. The third-order valence-corrected chi connectivity index (χ3v) is 4.63. The minimum absolute atomic E-state index is 0.114. The summed E-state index contributed by atoms with van der Waals surface area (Å²) in [5.74, 6) is 0.796. The molecule has 4 aromatic rings. The van der Waals surface area contributed by atoms with Gasteiger partial charge in [-0.25, -0.2) is 4.98 Å². The van der Waals surface area contributed by atoms with Crippen LogP contribution in [0.5, 0.6) is 0 Å². The number of aromatic nitrogens is 3. The maximum absolute atomic E-state index is 12.5. The summed E-state index contributed by atoms with van der Waals surface area (Å²) in [5.41, 5.74) is 1.76. The van der Waals surface area contributed by atoms with E-state index in [1.807, 2.05) is 54.6 Å². The fraction of sp³-hybridized carbons (Fsp3) is 0.0952. The summed E-state index contributed by atoms with van der Waals surface area (Å²) in [5, 5.41) is 11.8. The second-order valence-electron chi connectivity index (χ2n) is 6.17. The zero-order valence-corrected chi connectivity index (χ0v) is 15.7. The summed E-state index contributed by atoms with van der Waals surface area (Å²) < 4.78 is 1.28. The Labute approximate surface area is 166 Å². The average molecular weight is 392 g/mol. The highest BCUT2D eigenvalue weighted by Crippen LogP contribution is 2.17. The topological polar surface area (TPSA) is 71.8 Å². The second-order valence-corrected chi connectivity index (χ2v) is 6.55. The Morgan fingerprint density at radius 2 is 1.64 bits per heavy atom. The van der Waals surface area contributed by atoms with Crippen molar-refractivity contribution in [2.24, 2.45) is 0 Å². The van der Waals surface area contributed by atoms with Crippen molar-refractivity contribution in [3.8, 4) is 5.69 Å². The van der Waals surface area contributed by atoms with Gasteiger partial charge in [0.25, 0.3) is 5.56 Å². The lowest BCUT2D eigenvalue weighted by Crippen LogP contribution is -2.23. The Hall–Kier alpha value is -3.38. The van der Waals surface area contributed by atoms with E-state index in [0.29, 0.717) is 24.5 Å². The maximum Gasteiger partial charge on any atom is 0.292 e. The number of fused-ring (bicyclic) bond motifs is 1. The van der Waals surface area contributed by atoms with E-state index in [1.165, 1.54) is 4.68 Å². The highest BCUT2D eigenvalue weighted by molar-refractivity contribution is 6.32. The molecule has 0 saturated carbocycles. The number of rotatable bonds is 6. The van der Waals surface area contributed by atoms with Crippen LogP contribution in [0.2, 0.25) is 5.02 Å². The second kappa shape index (κ2) is 8.10. The Morgan fingerprint density at radius 1 is 0.893 bits per heavy atom. The summed E-state index contributed by atoms with van der Waals surface area (Å²) in [4.78, 5) is 17.0. The van der Waals surface area contributed by atoms with E-state index in [0.717, 1.165) is 16.7 Å². The summed E-state index contributed by atoms with van der Waals surface area (Å²) in [7, 11) is 0. The molecule has 2 heterocycles. The molecule has 0 aliphatic heterocycles. The van der Waals surface area contributed by atoms with Gasteiger partial charge in [-0.2, -0.15) is 9.78 Å². The van der Waals surface area contributed by atoms with Crippen molar-refractivity contribution in [3.63, 3.8) is 0 Å². The molecule has 4 rings (SSSR count). The molecule has 2 aromatic heterocycles. The molecule has 6 nitrogen and oxygen atoms in total.